The summed E-state index contributed by atoms with van der Waals surface area (Å²) in [4.78, 5) is 11.9. The minimum absolute atomic E-state index is 0.100. The van der Waals surface area contributed by atoms with Crippen molar-refractivity contribution < 1.29 is 9.53 Å². The first-order valence-electron chi connectivity index (χ1n) is 6.11. The molecule has 0 saturated heterocycles. The molecule has 0 aromatic carbocycles. The second-order valence-corrected chi connectivity index (χ2v) is 5.47. The third kappa shape index (κ3) is 4.42. The van der Waals surface area contributed by atoms with Gasteiger partial charge >= 0.3 is 0 Å². The number of nitrogens with one attached hydrogen (secondary N) is 1. The van der Waals surface area contributed by atoms with Gasteiger partial charge in [-0.25, -0.2) is 0 Å². The highest BCUT2D eigenvalue weighted by atomic mass is 79.9. The van der Waals surface area contributed by atoms with Crippen molar-refractivity contribution in [2.24, 2.45) is 5.41 Å². The zero-order valence-corrected chi connectivity index (χ0v) is 11.6. The summed E-state index contributed by atoms with van der Waals surface area (Å²) in [6.07, 6.45) is 5.36. The molecule has 3 nitrogen and oxygen atoms in total. The molecule has 0 bridgehead atoms. The molecule has 0 aromatic rings. The molecule has 94 valence electrons. The van der Waals surface area contributed by atoms with Crippen molar-refractivity contribution in [1.29, 1.82) is 0 Å². The van der Waals surface area contributed by atoms with Crippen molar-refractivity contribution in [3.05, 3.63) is 0 Å². The van der Waals surface area contributed by atoms with E-state index in [0.717, 1.165) is 44.4 Å². The van der Waals surface area contributed by atoms with Crippen LogP contribution in [0.15, 0.2) is 0 Å². The molecule has 1 amide bonds. The quantitative estimate of drug-likeness (QED) is 0.578. The lowest BCUT2D eigenvalue weighted by Gasteiger charge is -2.22. The summed E-state index contributed by atoms with van der Waals surface area (Å²) in [6.45, 7) is 4.28. The Morgan fingerprint density at radius 3 is 2.69 bits per heavy atom. The molecule has 0 aliphatic heterocycles. The lowest BCUT2D eigenvalue weighted by atomic mass is 9.88. The Balaban J connectivity index is 2.06. The number of carbonyl (C=O) groups is 1. The molecule has 4 heteroatoms. The Labute approximate surface area is 106 Å². The molecule has 0 unspecified atom stereocenters. The number of halogens is 1. The second-order valence-electron chi connectivity index (χ2n) is 4.68. The Kier molecular flexibility index (Phi) is 6.36. The molecule has 0 aromatic heterocycles. The molecule has 0 spiro atoms. The zero-order chi connectivity index (χ0) is 11.9. The number of rotatable bonds is 7. The van der Waals surface area contributed by atoms with Crippen LogP contribution in [0.5, 0.6) is 0 Å². The number of hydrogen-bond acceptors (Lipinski definition) is 2. The van der Waals surface area contributed by atoms with Crippen LogP contribution in [0, 0.1) is 5.41 Å². The minimum atomic E-state index is -0.100. The molecular weight excluding hydrogens is 270 g/mol. The molecule has 1 rings (SSSR count). The second kappa shape index (κ2) is 7.28. The van der Waals surface area contributed by atoms with E-state index in [4.69, 9.17) is 4.74 Å². The lowest BCUT2D eigenvalue weighted by Crippen LogP contribution is -2.37. The predicted molar refractivity (Wildman–Crippen MR) is 68.8 cm³/mol. The highest BCUT2D eigenvalue weighted by Gasteiger charge is 2.35. The summed E-state index contributed by atoms with van der Waals surface area (Å²) in [7, 11) is 0. The van der Waals surface area contributed by atoms with Crippen LogP contribution in [0.25, 0.3) is 0 Å². The minimum Gasteiger partial charge on any atom is -0.381 e. The van der Waals surface area contributed by atoms with E-state index in [1.807, 2.05) is 0 Å². The maximum Gasteiger partial charge on any atom is 0.225 e. The highest BCUT2D eigenvalue weighted by Crippen LogP contribution is 2.37. The average Bonchev–Trinajstić information content (AvgIpc) is 2.71. The molecule has 0 heterocycles. The topological polar surface area (TPSA) is 38.3 Å². The number of carbonyl (C=O) groups excluding carboxylic acids is 1. The summed E-state index contributed by atoms with van der Waals surface area (Å²) >= 11 is 3.30. The van der Waals surface area contributed by atoms with E-state index in [1.54, 1.807) is 0 Å². The van der Waals surface area contributed by atoms with Gasteiger partial charge in [0.1, 0.15) is 0 Å². The van der Waals surface area contributed by atoms with Crippen molar-refractivity contribution >= 4 is 21.8 Å². The Morgan fingerprint density at radius 2 is 2.06 bits per heavy atom. The van der Waals surface area contributed by atoms with Gasteiger partial charge in [0.05, 0.1) is 6.61 Å². The van der Waals surface area contributed by atoms with E-state index < -0.39 is 0 Å². The molecular formula is C12H22BrNO2. The van der Waals surface area contributed by atoms with Gasteiger partial charge in [0, 0.05) is 23.9 Å². The zero-order valence-electron chi connectivity index (χ0n) is 10.1. The van der Waals surface area contributed by atoms with Crippen molar-refractivity contribution in [3.63, 3.8) is 0 Å². The third-order valence-corrected chi connectivity index (χ3v) is 3.55. The van der Waals surface area contributed by atoms with Crippen molar-refractivity contribution in [1.82, 2.24) is 5.32 Å². The lowest BCUT2D eigenvalue weighted by molar-refractivity contribution is -0.129. The van der Waals surface area contributed by atoms with Gasteiger partial charge in [0.25, 0.3) is 0 Å². The van der Waals surface area contributed by atoms with Gasteiger partial charge in [0.2, 0.25) is 5.91 Å². The summed E-state index contributed by atoms with van der Waals surface area (Å²) in [5, 5.41) is 3.88. The van der Waals surface area contributed by atoms with Gasteiger partial charge in [-0.2, -0.15) is 0 Å². The summed E-state index contributed by atoms with van der Waals surface area (Å²) in [5.74, 6) is 0.227. The first-order chi connectivity index (χ1) is 7.69. The van der Waals surface area contributed by atoms with Gasteiger partial charge in [-0.05, 0) is 19.3 Å². The Morgan fingerprint density at radius 1 is 1.38 bits per heavy atom. The first-order valence-corrected chi connectivity index (χ1v) is 7.23. The highest BCUT2D eigenvalue weighted by molar-refractivity contribution is 9.09. The maximum atomic E-state index is 11.9. The fraction of sp³-hybridized carbons (Fsp3) is 0.917. The van der Waals surface area contributed by atoms with E-state index >= 15 is 0 Å². The van der Waals surface area contributed by atoms with Crippen LogP contribution in [0.1, 0.15) is 39.0 Å². The molecule has 1 fully saturated rings. The predicted octanol–water partition coefficient (Wildman–Crippen LogP) is 2.48. The normalized spacial score (nSPS) is 18.6. The van der Waals surface area contributed by atoms with Gasteiger partial charge in [-0.3, -0.25) is 4.79 Å². The summed E-state index contributed by atoms with van der Waals surface area (Å²) in [5.41, 5.74) is -0.100. The fourth-order valence-electron chi connectivity index (χ4n) is 2.13. The van der Waals surface area contributed by atoms with Crippen LogP contribution in [-0.4, -0.2) is 31.0 Å². The van der Waals surface area contributed by atoms with Crippen LogP contribution in [0.4, 0.5) is 0 Å². The van der Waals surface area contributed by atoms with Crippen LogP contribution in [0.3, 0.4) is 0 Å². The number of alkyl halides is 1. The van der Waals surface area contributed by atoms with E-state index in [9.17, 15) is 4.79 Å². The summed E-state index contributed by atoms with van der Waals surface area (Å²) < 4.78 is 5.32. The third-order valence-electron chi connectivity index (χ3n) is 3.23. The largest absolute Gasteiger partial charge is 0.381 e. The van der Waals surface area contributed by atoms with Gasteiger partial charge in [0.15, 0.2) is 0 Å². The number of amides is 1. The molecule has 16 heavy (non-hydrogen) atoms. The summed E-state index contributed by atoms with van der Waals surface area (Å²) in [6, 6.07) is 0. The van der Waals surface area contributed by atoms with Crippen LogP contribution < -0.4 is 5.32 Å². The van der Waals surface area contributed by atoms with E-state index in [0.29, 0.717) is 0 Å². The van der Waals surface area contributed by atoms with Crippen LogP contribution in [0.2, 0.25) is 0 Å². The Bertz CT molecular complexity index is 215. The maximum absolute atomic E-state index is 11.9. The standard InChI is InChI=1S/C12H22BrNO2/c1-12(5-2-3-6-12)11(15)14-8-4-9-16-10-7-13/h2-10H2,1H3,(H,14,15). The molecule has 1 aliphatic carbocycles. The smallest absolute Gasteiger partial charge is 0.225 e. The van der Waals surface area contributed by atoms with Crippen molar-refractivity contribution in [2.45, 2.75) is 39.0 Å². The molecule has 0 radical (unpaired) electrons. The number of hydrogen-bond donors (Lipinski definition) is 1. The first kappa shape index (κ1) is 14.0. The van der Waals surface area contributed by atoms with E-state index in [1.165, 1.54) is 12.8 Å². The SMILES string of the molecule is CC1(C(=O)NCCCOCCBr)CCCC1. The van der Waals surface area contributed by atoms with Gasteiger partial charge in [-0.15, -0.1) is 0 Å². The van der Waals surface area contributed by atoms with E-state index in [2.05, 4.69) is 28.2 Å². The van der Waals surface area contributed by atoms with Crippen LogP contribution >= 0.6 is 15.9 Å². The van der Waals surface area contributed by atoms with Crippen molar-refractivity contribution in [3.8, 4) is 0 Å². The number of ether oxygens (including phenoxy) is 1. The molecule has 0 atom stereocenters. The van der Waals surface area contributed by atoms with Gasteiger partial charge in [-0.1, -0.05) is 35.7 Å². The monoisotopic (exact) mass is 291 g/mol. The molecule has 1 saturated carbocycles. The van der Waals surface area contributed by atoms with Gasteiger partial charge < -0.3 is 10.1 Å². The van der Waals surface area contributed by atoms with E-state index in [-0.39, 0.29) is 11.3 Å². The fourth-order valence-corrected chi connectivity index (χ4v) is 2.36. The average molecular weight is 292 g/mol. The van der Waals surface area contributed by atoms with Crippen molar-refractivity contribution in [2.75, 3.05) is 25.1 Å². The van der Waals surface area contributed by atoms with Crippen LogP contribution in [-0.2, 0) is 9.53 Å². The Hall–Kier alpha value is -0.0900. The molecule has 1 N–H and O–H groups in total. The molecule has 1 aliphatic rings.